The lowest BCUT2D eigenvalue weighted by Crippen LogP contribution is -2.58. The Kier molecular flexibility index (Phi) is 6.68. The molecule has 3 N–H and O–H groups in total. The van der Waals surface area contributed by atoms with Gasteiger partial charge in [0.2, 0.25) is 5.91 Å². The van der Waals surface area contributed by atoms with E-state index in [1.165, 1.54) is 22.8 Å². The molecule has 13 heteroatoms. The van der Waals surface area contributed by atoms with Gasteiger partial charge in [0.05, 0.1) is 35.2 Å². The van der Waals surface area contributed by atoms with Crippen molar-refractivity contribution in [3.05, 3.63) is 42.0 Å². The molecule has 1 fully saturated rings. The summed E-state index contributed by atoms with van der Waals surface area (Å²) in [5.41, 5.74) is 7.51. The summed E-state index contributed by atoms with van der Waals surface area (Å²) in [5.74, 6) is -1.52. The quantitative estimate of drug-likeness (QED) is 0.354. The minimum atomic E-state index is -0.964. The first-order valence-corrected chi connectivity index (χ1v) is 12.2. The molecule has 0 saturated carbocycles. The van der Waals surface area contributed by atoms with Gasteiger partial charge in [0.15, 0.2) is 24.0 Å². The van der Waals surface area contributed by atoms with Crippen LogP contribution in [-0.2, 0) is 11.8 Å². The molecule has 0 spiro atoms. The molecule has 39 heavy (non-hydrogen) atoms. The van der Waals surface area contributed by atoms with Crippen molar-refractivity contribution < 1.29 is 28.6 Å². The van der Waals surface area contributed by atoms with Gasteiger partial charge in [-0.2, -0.15) is 5.10 Å². The zero-order valence-electron chi connectivity index (χ0n) is 21.9. The molecule has 2 amide bonds. The average Bonchev–Trinajstić information content (AvgIpc) is 3.26. The number of nitrogens with zero attached hydrogens (tertiary/aromatic N) is 6. The van der Waals surface area contributed by atoms with Gasteiger partial charge in [-0.3, -0.25) is 14.4 Å². The van der Waals surface area contributed by atoms with Crippen molar-refractivity contribution in [2.24, 2.45) is 12.8 Å². The van der Waals surface area contributed by atoms with E-state index in [0.717, 1.165) is 0 Å². The highest BCUT2D eigenvalue weighted by atomic mass is 19.1. The number of ether oxygens (including phenoxy) is 2. The molecule has 4 aromatic rings. The molecule has 1 aliphatic rings. The maximum atomic E-state index is 15.5. The Morgan fingerprint density at radius 3 is 2.56 bits per heavy atom. The lowest BCUT2D eigenvalue weighted by molar-refractivity contribution is 0.0489. The van der Waals surface area contributed by atoms with Crippen molar-refractivity contribution in [3.8, 4) is 17.0 Å². The Morgan fingerprint density at radius 1 is 1.21 bits per heavy atom. The van der Waals surface area contributed by atoms with Gasteiger partial charge < -0.3 is 25.2 Å². The fourth-order valence-electron chi connectivity index (χ4n) is 5.20. The highest BCUT2D eigenvalue weighted by Crippen LogP contribution is 2.38. The Morgan fingerprint density at radius 2 is 1.92 bits per heavy atom. The summed E-state index contributed by atoms with van der Waals surface area (Å²) in [6, 6.07) is 4.43. The summed E-state index contributed by atoms with van der Waals surface area (Å²) in [4.78, 5) is 36.8. The van der Waals surface area contributed by atoms with E-state index in [1.54, 1.807) is 31.6 Å². The number of amides is 2. The second kappa shape index (κ2) is 9.98. The molecule has 1 aromatic carbocycles. The third-order valence-corrected chi connectivity index (χ3v) is 6.83. The normalized spacial score (nSPS) is 17.7. The van der Waals surface area contributed by atoms with E-state index < -0.39 is 17.8 Å². The topological polar surface area (TPSA) is 149 Å². The first kappa shape index (κ1) is 26.1. The number of anilines is 1. The summed E-state index contributed by atoms with van der Waals surface area (Å²) in [6.07, 6.45) is 2.32. The molecular weight excluding hydrogens is 509 g/mol. The van der Waals surface area contributed by atoms with Crippen molar-refractivity contribution in [2.75, 3.05) is 31.9 Å². The molecule has 0 bridgehead atoms. The maximum absolute atomic E-state index is 15.5. The van der Waals surface area contributed by atoms with Crippen LogP contribution in [0.25, 0.3) is 33.2 Å². The number of carbonyl (C=O) groups is 2. The van der Waals surface area contributed by atoms with Crippen LogP contribution in [0.3, 0.4) is 0 Å². The smallest absolute Gasteiger partial charge is 0.407 e. The van der Waals surface area contributed by atoms with Crippen LogP contribution in [0.2, 0.25) is 0 Å². The molecule has 12 nitrogen and oxygen atoms in total. The van der Waals surface area contributed by atoms with Crippen molar-refractivity contribution in [1.29, 1.82) is 0 Å². The monoisotopic (exact) mass is 537 g/mol. The first-order valence-electron chi connectivity index (χ1n) is 12.2. The van der Waals surface area contributed by atoms with Crippen molar-refractivity contribution in [2.45, 2.75) is 25.9 Å². The summed E-state index contributed by atoms with van der Waals surface area (Å²) in [5, 5.41) is 14.6. The zero-order chi connectivity index (χ0) is 28.0. The van der Waals surface area contributed by atoms with Crippen LogP contribution in [0.4, 0.5) is 14.9 Å². The lowest BCUT2D eigenvalue weighted by atomic mass is 10.0. The molecule has 204 valence electrons. The van der Waals surface area contributed by atoms with Gasteiger partial charge in [-0.1, -0.05) is 0 Å². The number of hydrogen-bond acceptors (Lipinski definition) is 8. The molecule has 2 atom stereocenters. The third kappa shape index (κ3) is 4.65. The molecule has 1 aliphatic heterocycles. The zero-order valence-corrected chi connectivity index (χ0v) is 21.9. The maximum Gasteiger partial charge on any atom is 0.407 e. The predicted octanol–water partition coefficient (Wildman–Crippen LogP) is 2.98. The Balaban J connectivity index is 1.62. The number of primary amides is 1. The van der Waals surface area contributed by atoms with Gasteiger partial charge in [-0.05, 0) is 32.0 Å². The highest BCUT2D eigenvalue weighted by molar-refractivity contribution is 6.06. The van der Waals surface area contributed by atoms with Crippen LogP contribution in [0.5, 0.6) is 5.75 Å². The van der Waals surface area contributed by atoms with Crippen molar-refractivity contribution >= 4 is 39.6 Å². The Bertz CT molecular complexity index is 1600. The van der Waals surface area contributed by atoms with Gasteiger partial charge in [-0.25, -0.2) is 19.2 Å². The van der Waals surface area contributed by atoms with E-state index in [0.29, 0.717) is 29.5 Å². The van der Waals surface area contributed by atoms with Crippen LogP contribution in [-0.4, -0.2) is 80.8 Å². The number of hydrogen-bond donors (Lipinski definition) is 2. The lowest BCUT2D eigenvalue weighted by Gasteiger charge is -2.43. The van der Waals surface area contributed by atoms with Crippen LogP contribution >= 0.6 is 0 Å². The molecule has 0 unspecified atom stereocenters. The summed E-state index contributed by atoms with van der Waals surface area (Å²) in [6.45, 7) is 4.37. The number of halogens is 1. The van der Waals surface area contributed by atoms with E-state index in [1.807, 2.05) is 18.7 Å². The van der Waals surface area contributed by atoms with Crippen molar-refractivity contribution in [1.82, 2.24) is 24.6 Å². The van der Waals surface area contributed by atoms with Crippen LogP contribution < -0.4 is 15.4 Å². The number of fused-ring (bicyclic) bond motifs is 2. The summed E-state index contributed by atoms with van der Waals surface area (Å²) >= 11 is 0. The fraction of sp³-hybridized carbons (Fsp3) is 0.346. The van der Waals surface area contributed by atoms with Crippen LogP contribution in [0, 0.1) is 5.82 Å². The first-order chi connectivity index (χ1) is 18.6. The number of methoxy groups -OCH3 is 1. The van der Waals surface area contributed by atoms with Gasteiger partial charge in [0, 0.05) is 49.8 Å². The van der Waals surface area contributed by atoms with Gasteiger partial charge in [0.25, 0.3) is 0 Å². The molecule has 0 aliphatic carbocycles. The van der Waals surface area contributed by atoms with Gasteiger partial charge in [-0.15, -0.1) is 0 Å². The number of rotatable bonds is 6. The summed E-state index contributed by atoms with van der Waals surface area (Å²) < 4.78 is 27.5. The minimum Gasteiger partial charge on any atom is -0.465 e. The van der Waals surface area contributed by atoms with Crippen LogP contribution in [0.15, 0.2) is 30.6 Å². The number of carboxylic acid groups (broad SMARTS) is 1. The van der Waals surface area contributed by atoms with Gasteiger partial charge >= 0.3 is 6.09 Å². The molecule has 3 aromatic heterocycles. The third-order valence-electron chi connectivity index (χ3n) is 6.83. The minimum absolute atomic E-state index is 0.123. The van der Waals surface area contributed by atoms with E-state index >= 15 is 4.39 Å². The van der Waals surface area contributed by atoms with Crippen LogP contribution in [0.1, 0.15) is 24.2 Å². The molecular formula is C26H28FN7O5. The second-order valence-corrected chi connectivity index (χ2v) is 9.64. The Hall–Kier alpha value is -4.52. The van der Waals surface area contributed by atoms with E-state index in [4.69, 9.17) is 15.2 Å². The van der Waals surface area contributed by atoms with Gasteiger partial charge in [0.1, 0.15) is 5.52 Å². The largest absolute Gasteiger partial charge is 0.465 e. The number of aromatic nitrogens is 4. The van der Waals surface area contributed by atoms with E-state index in [-0.39, 0.29) is 52.6 Å². The number of nitrogens with two attached hydrogens (primary N) is 1. The predicted molar refractivity (Wildman–Crippen MR) is 141 cm³/mol. The molecule has 5 rings (SSSR count). The molecule has 1 saturated heterocycles. The standard InChI is InChI=1S/C26H28FN7O5/c1-13-9-33(10-14(2)34(13)26(36)37)16-6-18-17(24(28)35)7-20(30-25(18)29-8-16)19-5-15-11-32(3)31-22(15)21(27)23(19)39-12-38-4/h5-8,11,13-14H,9-10,12H2,1-4H3,(H2,28,35)(H,36,37)/t13-,14+. The highest BCUT2D eigenvalue weighted by Gasteiger charge is 2.33. The SMILES string of the molecule is COCOc1c(-c2cc(C(N)=O)c3cc(N4C[C@@H](C)N(C(=O)O)[C@@H](C)C4)cnc3n2)cc2cn(C)nc2c1F. The number of benzene rings is 1. The fourth-order valence-corrected chi connectivity index (χ4v) is 5.20. The number of pyridine rings is 2. The Labute approximate surface area is 222 Å². The number of aryl methyl sites for hydroxylation is 1. The second-order valence-electron chi connectivity index (χ2n) is 9.64. The average molecular weight is 538 g/mol. The van der Waals surface area contributed by atoms with E-state index in [2.05, 4.69) is 15.1 Å². The van der Waals surface area contributed by atoms with E-state index in [9.17, 15) is 14.7 Å². The number of piperazine rings is 1. The number of carbonyl (C=O) groups excluding carboxylic acids is 1. The molecule has 4 heterocycles. The molecule has 0 radical (unpaired) electrons. The summed E-state index contributed by atoms with van der Waals surface area (Å²) in [7, 11) is 3.10. The van der Waals surface area contributed by atoms with Crippen molar-refractivity contribution in [3.63, 3.8) is 0 Å².